The maximum Gasteiger partial charge on any atom is 0.343 e. The standard InChI is InChI=1S/C23H24ClNO3/c1-25(2)15-19-5-3-4-18(22(19)26)14-16-6-12-21(13-7-16)28-23(27)17-8-10-20(24)11-9-17/h6-14,19H,3-5,15H2,1-2H3/b18-14-. The first-order chi connectivity index (χ1) is 13.4. The molecular weight excluding hydrogens is 374 g/mol. The Labute approximate surface area is 170 Å². The van der Waals surface area contributed by atoms with Gasteiger partial charge in [-0.3, -0.25) is 4.79 Å². The fourth-order valence-corrected chi connectivity index (χ4v) is 3.52. The number of ketones is 1. The molecule has 0 aromatic heterocycles. The van der Waals surface area contributed by atoms with Gasteiger partial charge in [0.25, 0.3) is 0 Å². The topological polar surface area (TPSA) is 46.6 Å². The molecule has 1 atom stereocenters. The molecule has 0 saturated heterocycles. The molecule has 1 saturated carbocycles. The van der Waals surface area contributed by atoms with Crippen molar-refractivity contribution in [3.8, 4) is 5.75 Å². The van der Waals surface area contributed by atoms with Crippen molar-refractivity contribution in [2.75, 3.05) is 20.6 Å². The predicted octanol–water partition coefficient (Wildman–Crippen LogP) is 4.87. The Morgan fingerprint density at radius 1 is 1.14 bits per heavy atom. The first-order valence-corrected chi connectivity index (χ1v) is 9.77. The molecule has 0 radical (unpaired) electrons. The largest absolute Gasteiger partial charge is 0.423 e. The summed E-state index contributed by atoms with van der Waals surface area (Å²) < 4.78 is 5.39. The van der Waals surface area contributed by atoms with Crippen molar-refractivity contribution >= 4 is 29.4 Å². The number of allylic oxidation sites excluding steroid dienone is 1. The van der Waals surface area contributed by atoms with Crippen LogP contribution in [0.25, 0.3) is 6.08 Å². The lowest BCUT2D eigenvalue weighted by molar-refractivity contribution is -0.120. The SMILES string of the molecule is CN(C)CC1CCC/C(=C/c2ccc(OC(=O)c3ccc(Cl)cc3)cc2)C1=O. The molecule has 2 aromatic carbocycles. The number of carbonyl (C=O) groups is 2. The zero-order valence-electron chi connectivity index (χ0n) is 16.2. The van der Waals surface area contributed by atoms with Gasteiger partial charge in [0, 0.05) is 17.5 Å². The molecule has 0 aliphatic heterocycles. The summed E-state index contributed by atoms with van der Waals surface area (Å²) in [4.78, 5) is 26.9. The minimum Gasteiger partial charge on any atom is -0.423 e. The van der Waals surface area contributed by atoms with Crippen LogP contribution in [-0.4, -0.2) is 37.3 Å². The fourth-order valence-electron chi connectivity index (χ4n) is 3.40. The van der Waals surface area contributed by atoms with Crippen LogP contribution in [0.3, 0.4) is 0 Å². The minimum absolute atomic E-state index is 0.0783. The van der Waals surface area contributed by atoms with Crippen molar-refractivity contribution in [2.45, 2.75) is 19.3 Å². The maximum absolute atomic E-state index is 12.7. The monoisotopic (exact) mass is 397 g/mol. The van der Waals surface area contributed by atoms with Gasteiger partial charge in [0.2, 0.25) is 0 Å². The molecule has 1 unspecified atom stereocenters. The first kappa shape index (κ1) is 20.3. The number of nitrogens with zero attached hydrogens (tertiary/aromatic N) is 1. The van der Waals surface area contributed by atoms with E-state index >= 15 is 0 Å². The van der Waals surface area contributed by atoms with E-state index < -0.39 is 5.97 Å². The summed E-state index contributed by atoms with van der Waals surface area (Å²) in [6.45, 7) is 0.787. The maximum atomic E-state index is 12.7. The number of halogens is 1. The highest BCUT2D eigenvalue weighted by molar-refractivity contribution is 6.30. The molecule has 4 nitrogen and oxygen atoms in total. The van der Waals surface area contributed by atoms with Gasteiger partial charge in [-0.25, -0.2) is 4.79 Å². The number of carbonyl (C=O) groups excluding carboxylic acids is 2. The van der Waals surface area contributed by atoms with Gasteiger partial charge in [0.05, 0.1) is 5.56 Å². The molecule has 28 heavy (non-hydrogen) atoms. The number of hydrogen-bond donors (Lipinski definition) is 0. The second-order valence-electron chi connectivity index (χ2n) is 7.35. The molecular formula is C23H24ClNO3. The summed E-state index contributed by atoms with van der Waals surface area (Å²) in [5.41, 5.74) is 2.25. The Bertz CT molecular complexity index is 870. The average molecular weight is 398 g/mol. The van der Waals surface area contributed by atoms with Gasteiger partial charge in [0.15, 0.2) is 5.78 Å². The van der Waals surface area contributed by atoms with Gasteiger partial charge in [-0.15, -0.1) is 0 Å². The number of rotatable bonds is 5. The molecule has 2 aromatic rings. The summed E-state index contributed by atoms with van der Waals surface area (Å²) >= 11 is 5.83. The zero-order valence-corrected chi connectivity index (χ0v) is 16.9. The summed E-state index contributed by atoms with van der Waals surface area (Å²) in [7, 11) is 3.99. The molecule has 1 fully saturated rings. The highest BCUT2D eigenvalue weighted by Gasteiger charge is 2.26. The average Bonchev–Trinajstić information content (AvgIpc) is 2.66. The van der Waals surface area contributed by atoms with Gasteiger partial charge in [0.1, 0.15) is 5.75 Å². The third-order valence-corrected chi connectivity index (χ3v) is 5.03. The molecule has 0 heterocycles. The van der Waals surface area contributed by atoms with Gasteiger partial charge in [-0.1, -0.05) is 23.7 Å². The van der Waals surface area contributed by atoms with Crippen molar-refractivity contribution < 1.29 is 14.3 Å². The number of hydrogen-bond acceptors (Lipinski definition) is 4. The second kappa shape index (κ2) is 9.18. The predicted molar refractivity (Wildman–Crippen MR) is 112 cm³/mol. The lowest BCUT2D eigenvalue weighted by atomic mass is 9.83. The molecule has 0 amide bonds. The Hall–Kier alpha value is -2.43. The molecule has 1 aliphatic rings. The van der Waals surface area contributed by atoms with Crippen molar-refractivity contribution in [3.63, 3.8) is 0 Å². The van der Waals surface area contributed by atoms with Crippen LogP contribution in [-0.2, 0) is 4.79 Å². The number of ether oxygens (including phenoxy) is 1. The summed E-state index contributed by atoms with van der Waals surface area (Å²) in [6, 6.07) is 13.8. The molecule has 146 valence electrons. The van der Waals surface area contributed by atoms with Crippen LogP contribution in [0, 0.1) is 5.92 Å². The summed E-state index contributed by atoms with van der Waals surface area (Å²) in [5, 5.41) is 0.569. The fraction of sp³-hybridized carbons (Fsp3) is 0.304. The van der Waals surface area contributed by atoms with Crippen LogP contribution in [0.4, 0.5) is 0 Å². The quantitative estimate of drug-likeness (QED) is 0.410. The zero-order chi connectivity index (χ0) is 20.1. The van der Waals surface area contributed by atoms with Crippen LogP contribution in [0.15, 0.2) is 54.1 Å². The van der Waals surface area contributed by atoms with Gasteiger partial charge >= 0.3 is 5.97 Å². The Morgan fingerprint density at radius 3 is 2.46 bits per heavy atom. The van der Waals surface area contributed by atoms with Crippen molar-refractivity contribution in [3.05, 3.63) is 70.3 Å². The van der Waals surface area contributed by atoms with E-state index in [4.69, 9.17) is 16.3 Å². The highest BCUT2D eigenvalue weighted by atomic mass is 35.5. The normalized spacial score (nSPS) is 18.5. The molecule has 0 N–H and O–H groups in total. The number of benzene rings is 2. The van der Waals surface area contributed by atoms with Crippen molar-refractivity contribution in [2.24, 2.45) is 5.92 Å². The molecule has 0 spiro atoms. The van der Waals surface area contributed by atoms with Gasteiger partial charge in [-0.05, 0) is 87.0 Å². The molecule has 5 heteroatoms. The van der Waals surface area contributed by atoms with E-state index in [1.165, 1.54) is 0 Å². The molecule has 3 rings (SSSR count). The van der Waals surface area contributed by atoms with E-state index in [1.807, 2.05) is 32.3 Å². The van der Waals surface area contributed by atoms with Crippen LogP contribution in [0.5, 0.6) is 5.75 Å². The van der Waals surface area contributed by atoms with E-state index in [2.05, 4.69) is 4.90 Å². The van der Waals surface area contributed by atoms with Crippen molar-refractivity contribution in [1.29, 1.82) is 0 Å². The van der Waals surface area contributed by atoms with E-state index in [-0.39, 0.29) is 11.7 Å². The lowest BCUT2D eigenvalue weighted by Crippen LogP contribution is -2.31. The summed E-state index contributed by atoms with van der Waals surface area (Å²) in [6.07, 6.45) is 4.76. The third-order valence-electron chi connectivity index (χ3n) is 4.78. The van der Waals surface area contributed by atoms with E-state index in [0.29, 0.717) is 16.3 Å². The molecule has 1 aliphatic carbocycles. The minimum atomic E-state index is -0.434. The Balaban J connectivity index is 1.66. The van der Waals surface area contributed by atoms with Crippen LogP contribution >= 0.6 is 11.6 Å². The highest BCUT2D eigenvalue weighted by Crippen LogP contribution is 2.28. The van der Waals surface area contributed by atoms with E-state index in [9.17, 15) is 9.59 Å². The summed E-state index contributed by atoms with van der Waals surface area (Å²) in [5.74, 6) is 0.354. The number of Topliss-reactive ketones (excluding diaryl/α,β-unsaturated/α-hetero) is 1. The Kier molecular flexibility index (Phi) is 6.65. The second-order valence-corrected chi connectivity index (χ2v) is 7.79. The van der Waals surface area contributed by atoms with E-state index in [1.54, 1.807) is 36.4 Å². The van der Waals surface area contributed by atoms with Crippen LogP contribution < -0.4 is 4.74 Å². The van der Waals surface area contributed by atoms with E-state index in [0.717, 1.165) is 36.9 Å². The lowest BCUT2D eigenvalue weighted by Gasteiger charge is -2.25. The third kappa shape index (κ3) is 5.31. The smallest absolute Gasteiger partial charge is 0.343 e. The first-order valence-electron chi connectivity index (χ1n) is 9.39. The number of esters is 1. The van der Waals surface area contributed by atoms with Crippen molar-refractivity contribution in [1.82, 2.24) is 4.90 Å². The van der Waals surface area contributed by atoms with Gasteiger partial charge < -0.3 is 9.64 Å². The molecule has 0 bridgehead atoms. The van der Waals surface area contributed by atoms with Gasteiger partial charge in [-0.2, -0.15) is 0 Å². The van der Waals surface area contributed by atoms with Crippen LogP contribution in [0.2, 0.25) is 5.02 Å². The van der Waals surface area contributed by atoms with Crippen LogP contribution in [0.1, 0.15) is 35.2 Å². The Morgan fingerprint density at radius 2 is 1.82 bits per heavy atom.